The highest BCUT2D eigenvalue weighted by Gasteiger charge is 2.17. The van der Waals surface area contributed by atoms with Gasteiger partial charge in [0.05, 0.1) is 0 Å². The summed E-state index contributed by atoms with van der Waals surface area (Å²) in [5.74, 6) is 0.340. The van der Waals surface area contributed by atoms with Gasteiger partial charge in [0.1, 0.15) is 0 Å². The molecule has 1 aliphatic heterocycles. The van der Waals surface area contributed by atoms with E-state index in [1.165, 1.54) is 0 Å². The Morgan fingerprint density at radius 1 is 1.18 bits per heavy atom. The first-order valence-corrected chi connectivity index (χ1v) is 6.98. The van der Waals surface area contributed by atoms with Gasteiger partial charge in [-0.15, -0.1) is 0 Å². The van der Waals surface area contributed by atoms with Gasteiger partial charge in [0, 0.05) is 26.1 Å². The highest BCUT2D eigenvalue weighted by atomic mass is 16.2. The summed E-state index contributed by atoms with van der Waals surface area (Å²) in [6, 6.07) is 0. The molecule has 2 N–H and O–H groups in total. The Morgan fingerprint density at radius 3 is 2.71 bits per heavy atom. The molecule has 0 atom stereocenters. The Balaban J connectivity index is 2.28. The number of hydrogen-bond acceptors (Lipinski definition) is 3. The molecule has 0 unspecified atom stereocenters. The third kappa shape index (κ3) is 5.50. The summed E-state index contributed by atoms with van der Waals surface area (Å²) in [6.45, 7) is 7.91. The van der Waals surface area contributed by atoms with E-state index >= 15 is 0 Å². The molecule has 1 amide bonds. The maximum Gasteiger partial charge on any atom is 0.222 e. The van der Waals surface area contributed by atoms with Gasteiger partial charge in [0.25, 0.3) is 0 Å². The van der Waals surface area contributed by atoms with Gasteiger partial charge in [0.2, 0.25) is 5.91 Å². The van der Waals surface area contributed by atoms with Gasteiger partial charge in [-0.3, -0.25) is 4.79 Å². The van der Waals surface area contributed by atoms with Crippen molar-refractivity contribution in [2.75, 3.05) is 39.3 Å². The number of carbonyl (C=O) groups is 1. The second-order valence-electron chi connectivity index (χ2n) is 4.82. The summed E-state index contributed by atoms with van der Waals surface area (Å²) in [5, 5.41) is 0. The molecule has 100 valence electrons. The molecule has 4 nitrogen and oxygen atoms in total. The fourth-order valence-electron chi connectivity index (χ4n) is 2.24. The van der Waals surface area contributed by atoms with Gasteiger partial charge >= 0.3 is 0 Å². The molecule has 0 saturated carbocycles. The van der Waals surface area contributed by atoms with Gasteiger partial charge < -0.3 is 15.5 Å². The van der Waals surface area contributed by atoms with Crippen LogP contribution < -0.4 is 5.73 Å². The fraction of sp³-hybridized carbons (Fsp3) is 0.923. The van der Waals surface area contributed by atoms with E-state index in [2.05, 4.69) is 11.8 Å². The van der Waals surface area contributed by atoms with Crippen molar-refractivity contribution < 1.29 is 4.79 Å². The zero-order valence-corrected chi connectivity index (χ0v) is 11.2. The average Bonchev–Trinajstić information content (AvgIpc) is 2.59. The van der Waals surface area contributed by atoms with Crippen molar-refractivity contribution in [3.8, 4) is 0 Å². The van der Waals surface area contributed by atoms with Crippen LogP contribution in [0, 0.1) is 0 Å². The lowest BCUT2D eigenvalue weighted by molar-refractivity contribution is -0.131. The third-order valence-corrected chi connectivity index (χ3v) is 3.36. The van der Waals surface area contributed by atoms with Crippen LogP contribution in [0.1, 0.15) is 39.0 Å². The van der Waals surface area contributed by atoms with E-state index in [0.29, 0.717) is 5.91 Å². The van der Waals surface area contributed by atoms with Crippen molar-refractivity contribution >= 4 is 5.91 Å². The average molecular weight is 241 g/mol. The summed E-state index contributed by atoms with van der Waals surface area (Å²) in [6.07, 6.45) is 5.00. The molecular formula is C13H27N3O. The van der Waals surface area contributed by atoms with Crippen molar-refractivity contribution in [1.29, 1.82) is 0 Å². The number of unbranched alkanes of at least 4 members (excludes halogenated alkanes) is 1. The predicted octanol–water partition coefficient (Wildman–Crippen LogP) is 1.06. The van der Waals surface area contributed by atoms with Crippen LogP contribution in [0.15, 0.2) is 0 Å². The Labute approximate surface area is 105 Å². The zero-order chi connectivity index (χ0) is 12.5. The van der Waals surface area contributed by atoms with E-state index in [0.717, 1.165) is 71.4 Å². The molecule has 0 spiro atoms. The highest BCUT2D eigenvalue weighted by molar-refractivity contribution is 5.76. The number of rotatable bonds is 6. The minimum absolute atomic E-state index is 0.340. The lowest BCUT2D eigenvalue weighted by Crippen LogP contribution is -2.35. The Bertz CT molecular complexity index is 221. The van der Waals surface area contributed by atoms with Crippen molar-refractivity contribution in [2.24, 2.45) is 5.73 Å². The molecule has 4 heteroatoms. The maximum atomic E-state index is 11.9. The van der Waals surface area contributed by atoms with Gasteiger partial charge in [-0.1, -0.05) is 13.3 Å². The van der Waals surface area contributed by atoms with E-state index in [1.54, 1.807) is 0 Å². The minimum atomic E-state index is 0.340. The van der Waals surface area contributed by atoms with E-state index in [1.807, 2.05) is 4.90 Å². The molecule has 1 saturated heterocycles. The fourth-order valence-corrected chi connectivity index (χ4v) is 2.24. The van der Waals surface area contributed by atoms with Crippen LogP contribution in [0.25, 0.3) is 0 Å². The standard InChI is InChI=1S/C13H27N3O/c1-2-3-6-13(17)16-10-5-9-15(11-12-16)8-4-7-14/h2-12,14H2,1H3. The second kappa shape index (κ2) is 8.48. The van der Waals surface area contributed by atoms with E-state index in [-0.39, 0.29) is 0 Å². The van der Waals surface area contributed by atoms with Gasteiger partial charge in [-0.05, 0) is 38.9 Å². The van der Waals surface area contributed by atoms with Gasteiger partial charge in [-0.2, -0.15) is 0 Å². The van der Waals surface area contributed by atoms with E-state index in [9.17, 15) is 4.79 Å². The molecule has 1 fully saturated rings. The number of carbonyl (C=O) groups excluding carboxylic acids is 1. The van der Waals surface area contributed by atoms with Crippen LogP contribution in [-0.4, -0.2) is 55.0 Å². The molecule has 1 rings (SSSR count). The Hall–Kier alpha value is -0.610. The Kier molecular flexibility index (Phi) is 7.21. The molecule has 0 radical (unpaired) electrons. The van der Waals surface area contributed by atoms with E-state index in [4.69, 9.17) is 5.73 Å². The van der Waals surface area contributed by atoms with Gasteiger partial charge in [-0.25, -0.2) is 0 Å². The summed E-state index contributed by atoms with van der Waals surface area (Å²) in [5.41, 5.74) is 5.52. The van der Waals surface area contributed by atoms with Gasteiger partial charge in [0.15, 0.2) is 0 Å². The molecule has 0 bridgehead atoms. The lowest BCUT2D eigenvalue weighted by atomic mass is 10.2. The normalized spacial score (nSPS) is 18.1. The number of nitrogens with two attached hydrogens (primary N) is 1. The molecule has 1 heterocycles. The van der Waals surface area contributed by atoms with Crippen molar-refractivity contribution in [2.45, 2.75) is 39.0 Å². The first-order chi connectivity index (χ1) is 8.27. The molecule has 0 aromatic rings. The molecule has 17 heavy (non-hydrogen) atoms. The first kappa shape index (κ1) is 14.5. The van der Waals surface area contributed by atoms with Crippen LogP contribution in [0.5, 0.6) is 0 Å². The van der Waals surface area contributed by atoms with Crippen molar-refractivity contribution in [3.05, 3.63) is 0 Å². The summed E-state index contributed by atoms with van der Waals surface area (Å²) in [7, 11) is 0. The quantitative estimate of drug-likeness (QED) is 0.756. The Morgan fingerprint density at radius 2 is 2.00 bits per heavy atom. The maximum absolute atomic E-state index is 11.9. The first-order valence-electron chi connectivity index (χ1n) is 6.98. The number of amides is 1. The minimum Gasteiger partial charge on any atom is -0.341 e. The van der Waals surface area contributed by atoms with Crippen LogP contribution in [0.4, 0.5) is 0 Å². The SMILES string of the molecule is CCCCC(=O)N1CCCN(CCCN)CC1. The topological polar surface area (TPSA) is 49.6 Å². The molecular weight excluding hydrogens is 214 g/mol. The predicted molar refractivity (Wildman–Crippen MR) is 70.8 cm³/mol. The second-order valence-corrected chi connectivity index (χ2v) is 4.82. The largest absolute Gasteiger partial charge is 0.341 e. The highest BCUT2D eigenvalue weighted by Crippen LogP contribution is 2.07. The van der Waals surface area contributed by atoms with Crippen LogP contribution in [-0.2, 0) is 4.79 Å². The van der Waals surface area contributed by atoms with Crippen LogP contribution in [0.2, 0.25) is 0 Å². The monoisotopic (exact) mass is 241 g/mol. The summed E-state index contributed by atoms with van der Waals surface area (Å²) < 4.78 is 0. The number of nitrogens with zero attached hydrogens (tertiary/aromatic N) is 2. The molecule has 1 aliphatic rings. The smallest absolute Gasteiger partial charge is 0.222 e. The zero-order valence-electron chi connectivity index (χ0n) is 11.2. The van der Waals surface area contributed by atoms with Crippen molar-refractivity contribution in [3.63, 3.8) is 0 Å². The lowest BCUT2D eigenvalue weighted by Gasteiger charge is -2.21. The van der Waals surface area contributed by atoms with Crippen LogP contribution in [0.3, 0.4) is 0 Å². The summed E-state index contributed by atoms with van der Waals surface area (Å²) >= 11 is 0. The third-order valence-electron chi connectivity index (χ3n) is 3.36. The van der Waals surface area contributed by atoms with Crippen LogP contribution >= 0.6 is 0 Å². The molecule has 0 aromatic carbocycles. The molecule has 0 aliphatic carbocycles. The number of hydrogen-bond donors (Lipinski definition) is 1. The molecule has 0 aromatic heterocycles. The summed E-state index contributed by atoms with van der Waals surface area (Å²) in [4.78, 5) is 16.4. The van der Waals surface area contributed by atoms with Crippen molar-refractivity contribution in [1.82, 2.24) is 9.80 Å². The van der Waals surface area contributed by atoms with E-state index < -0.39 is 0 Å².